The van der Waals surface area contributed by atoms with E-state index in [0.29, 0.717) is 21.8 Å². The van der Waals surface area contributed by atoms with Crippen molar-refractivity contribution in [3.63, 3.8) is 0 Å². The zero-order chi connectivity index (χ0) is 19.2. The number of hydrogen-bond donors (Lipinski definition) is 1. The second-order valence-electron chi connectivity index (χ2n) is 8.17. The number of aliphatic carboxylic acids is 1. The van der Waals surface area contributed by atoms with Crippen LogP contribution in [0.4, 0.5) is 0 Å². The maximum Gasteiger partial charge on any atom is 0.323 e. The fraction of sp³-hybridized carbons (Fsp3) is 0.304. The Kier molecular flexibility index (Phi) is 4.14. The lowest BCUT2D eigenvalue weighted by Gasteiger charge is -2.30. The molecule has 0 fully saturated rings. The smallest absolute Gasteiger partial charge is 0.323 e. The highest BCUT2D eigenvalue weighted by Gasteiger charge is 2.24. The Balaban J connectivity index is 1.98. The largest absolute Gasteiger partial charge is 0.480 e. The van der Waals surface area contributed by atoms with Crippen LogP contribution in [-0.2, 0) is 11.3 Å². The zero-order valence-electron chi connectivity index (χ0n) is 15.7. The van der Waals surface area contributed by atoms with Gasteiger partial charge in [-0.15, -0.1) is 0 Å². The first kappa shape index (κ1) is 17.5. The summed E-state index contributed by atoms with van der Waals surface area (Å²) in [4.78, 5) is 24.5. The molecule has 0 amide bonds. The highest BCUT2D eigenvalue weighted by molar-refractivity contribution is 5.95. The van der Waals surface area contributed by atoms with Crippen molar-refractivity contribution < 1.29 is 9.90 Å². The van der Waals surface area contributed by atoms with Crippen molar-refractivity contribution in [3.05, 3.63) is 64.3 Å². The van der Waals surface area contributed by atoms with Crippen LogP contribution >= 0.6 is 0 Å². The molecule has 27 heavy (non-hydrogen) atoms. The maximum absolute atomic E-state index is 13.1. The van der Waals surface area contributed by atoms with Crippen LogP contribution in [0.2, 0.25) is 0 Å². The van der Waals surface area contributed by atoms with Crippen molar-refractivity contribution in [2.75, 3.05) is 0 Å². The Labute approximate surface area is 157 Å². The van der Waals surface area contributed by atoms with E-state index in [-0.39, 0.29) is 17.4 Å². The minimum absolute atomic E-state index is 0.0419. The van der Waals surface area contributed by atoms with Gasteiger partial charge >= 0.3 is 5.97 Å². The van der Waals surface area contributed by atoms with E-state index >= 15 is 0 Å². The van der Waals surface area contributed by atoms with Crippen molar-refractivity contribution in [3.8, 4) is 0 Å². The van der Waals surface area contributed by atoms with Gasteiger partial charge in [0.1, 0.15) is 6.54 Å². The second-order valence-corrected chi connectivity index (χ2v) is 8.17. The van der Waals surface area contributed by atoms with Crippen molar-refractivity contribution in [1.82, 2.24) is 4.57 Å². The number of para-hydroxylation sites is 1. The molecule has 1 aliphatic rings. The van der Waals surface area contributed by atoms with Crippen LogP contribution in [0.25, 0.3) is 27.4 Å². The van der Waals surface area contributed by atoms with Crippen LogP contribution in [0.15, 0.2) is 53.3 Å². The van der Waals surface area contributed by atoms with Gasteiger partial charge in [0.05, 0.1) is 11.0 Å². The molecule has 0 radical (unpaired) electrons. The van der Waals surface area contributed by atoms with E-state index < -0.39 is 5.97 Å². The fourth-order valence-corrected chi connectivity index (χ4v) is 4.17. The summed E-state index contributed by atoms with van der Waals surface area (Å²) in [5.41, 5.74) is 3.87. The second kappa shape index (κ2) is 6.38. The lowest BCUT2D eigenvalue weighted by molar-refractivity contribution is -0.137. The molecular formula is C23H23NO3. The van der Waals surface area contributed by atoms with Gasteiger partial charge in [0.15, 0.2) is 5.43 Å². The van der Waals surface area contributed by atoms with Crippen LogP contribution in [0, 0.1) is 5.41 Å². The van der Waals surface area contributed by atoms with Crippen LogP contribution in [0.5, 0.6) is 0 Å². The average Bonchev–Trinajstić information content (AvgIpc) is 2.64. The Hall–Kier alpha value is -2.88. The molecule has 0 saturated heterocycles. The van der Waals surface area contributed by atoms with Crippen molar-refractivity contribution in [1.29, 1.82) is 0 Å². The third-order valence-corrected chi connectivity index (χ3v) is 5.52. The van der Waals surface area contributed by atoms with Crippen molar-refractivity contribution >= 4 is 33.3 Å². The molecule has 2 aromatic carbocycles. The Morgan fingerprint density at radius 2 is 1.85 bits per heavy atom. The quantitative estimate of drug-likeness (QED) is 0.680. The summed E-state index contributed by atoms with van der Waals surface area (Å²) in [6, 6.07) is 13.1. The zero-order valence-corrected chi connectivity index (χ0v) is 15.7. The van der Waals surface area contributed by atoms with Crippen molar-refractivity contribution in [2.24, 2.45) is 5.41 Å². The molecule has 4 nitrogen and oxygen atoms in total. The van der Waals surface area contributed by atoms with Crippen molar-refractivity contribution in [2.45, 2.75) is 39.7 Å². The van der Waals surface area contributed by atoms with E-state index in [1.165, 1.54) is 12.0 Å². The molecule has 3 aromatic rings. The van der Waals surface area contributed by atoms with Gasteiger partial charge in [0.25, 0.3) is 0 Å². The van der Waals surface area contributed by atoms with E-state index in [1.54, 1.807) is 16.7 Å². The number of carboxylic acids is 1. The molecule has 0 aliphatic heterocycles. The van der Waals surface area contributed by atoms with E-state index in [0.717, 1.165) is 18.4 Å². The van der Waals surface area contributed by atoms with E-state index in [9.17, 15) is 14.7 Å². The highest BCUT2D eigenvalue weighted by atomic mass is 16.4. The number of allylic oxidation sites excluding steroid dienone is 2. The van der Waals surface area contributed by atoms with Gasteiger partial charge in [-0.3, -0.25) is 9.59 Å². The molecular weight excluding hydrogens is 338 g/mol. The fourth-order valence-electron chi connectivity index (χ4n) is 4.17. The van der Waals surface area contributed by atoms with E-state index in [2.05, 4.69) is 19.9 Å². The number of fused-ring (bicyclic) bond motifs is 2. The summed E-state index contributed by atoms with van der Waals surface area (Å²) in [5.74, 6) is -0.925. The molecule has 1 heterocycles. The number of rotatable bonds is 3. The molecule has 4 rings (SSSR count). The Bertz CT molecular complexity index is 1150. The third kappa shape index (κ3) is 3.16. The summed E-state index contributed by atoms with van der Waals surface area (Å²) in [7, 11) is 0. The monoisotopic (exact) mass is 361 g/mol. The summed E-state index contributed by atoms with van der Waals surface area (Å²) in [5, 5.41) is 10.5. The number of nitrogens with zero attached hydrogens (tertiary/aromatic N) is 1. The van der Waals surface area contributed by atoms with Crippen LogP contribution in [-0.4, -0.2) is 15.6 Å². The third-order valence-electron chi connectivity index (χ3n) is 5.52. The normalized spacial score (nSPS) is 16.4. The summed E-state index contributed by atoms with van der Waals surface area (Å²) in [6.07, 6.45) is 5.46. The predicted molar refractivity (Wildman–Crippen MR) is 109 cm³/mol. The minimum atomic E-state index is -0.925. The van der Waals surface area contributed by atoms with Gasteiger partial charge < -0.3 is 9.67 Å². The molecule has 0 spiro atoms. The molecule has 0 saturated carbocycles. The number of benzene rings is 2. The van der Waals surface area contributed by atoms with Crippen LogP contribution < -0.4 is 5.43 Å². The first-order valence-corrected chi connectivity index (χ1v) is 9.32. The van der Waals surface area contributed by atoms with Gasteiger partial charge in [-0.1, -0.05) is 38.1 Å². The van der Waals surface area contributed by atoms with Gasteiger partial charge in [-0.2, -0.15) is 0 Å². The van der Waals surface area contributed by atoms with Gasteiger partial charge in [0.2, 0.25) is 0 Å². The average molecular weight is 361 g/mol. The van der Waals surface area contributed by atoms with E-state index in [1.807, 2.05) is 30.3 Å². The van der Waals surface area contributed by atoms with Gasteiger partial charge in [-0.05, 0) is 60.1 Å². The highest BCUT2D eigenvalue weighted by Crippen LogP contribution is 2.39. The Morgan fingerprint density at radius 1 is 1.11 bits per heavy atom. The first-order chi connectivity index (χ1) is 12.9. The topological polar surface area (TPSA) is 59.3 Å². The molecule has 1 aromatic heterocycles. The SMILES string of the molecule is CC1(C)CCC=C(c2ccc3c(c2)c(=O)c2ccccc2n3CC(=O)O)C1. The lowest BCUT2D eigenvalue weighted by Crippen LogP contribution is -2.17. The van der Waals surface area contributed by atoms with Crippen LogP contribution in [0.3, 0.4) is 0 Å². The summed E-state index contributed by atoms with van der Waals surface area (Å²) in [6.45, 7) is 4.37. The molecule has 1 aliphatic carbocycles. The first-order valence-electron chi connectivity index (χ1n) is 9.32. The minimum Gasteiger partial charge on any atom is -0.480 e. The Morgan fingerprint density at radius 3 is 2.59 bits per heavy atom. The summed E-state index contributed by atoms with van der Waals surface area (Å²) >= 11 is 0. The molecule has 4 heteroatoms. The van der Waals surface area contributed by atoms with E-state index in [4.69, 9.17) is 0 Å². The maximum atomic E-state index is 13.1. The standard InChI is InChI=1S/C23H23NO3/c1-23(2)11-5-6-16(13-23)15-9-10-20-18(12-15)22(27)17-7-3-4-8-19(17)24(20)14-21(25)26/h3-4,6-10,12H,5,11,13-14H2,1-2H3,(H,25,26). The number of pyridine rings is 1. The number of aromatic nitrogens is 1. The molecule has 138 valence electrons. The number of hydrogen-bond acceptors (Lipinski definition) is 2. The number of carboxylic acid groups (broad SMARTS) is 1. The molecule has 1 N–H and O–H groups in total. The molecule has 0 bridgehead atoms. The molecule has 0 atom stereocenters. The summed E-state index contributed by atoms with van der Waals surface area (Å²) < 4.78 is 1.72. The van der Waals surface area contributed by atoms with Crippen LogP contribution in [0.1, 0.15) is 38.7 Å². The van der Waals surface area contributed by atoms with Gasteiger partial charge in [-0.25, -0.2) is 0 Å². The lowest BCUT2D eigenvalue weighted by atomic mass is 9.75. The molecule has 0 unspecified atom stereocenters. The predicted octanol–water partition coefficient (Wildman–Crippen LogP) is 4.83. The number of carbonyl (C=O) groups is 1. The van der Waals surface area contributed by atoms with Gasteiger partial charge in [0, 0.05) is 10.8 Å².